The predicted octanol–water partition coefficient (Wildman–Crippen LogP) is 4.16. The second-order valence-electron chi connectivity index (χ2n) is 8.16. The van der Waals surface area contributed by atoms with Gasteiger partial charge in [-0.1, -0.05) is 37.1 Å². The van der Waals surface area contributed by atoms with Crippen LogP contribution in [0.2, 0.25) is 5.02 Å². The van der Waals surface area contributed by atoms with E-state index in [4.69, 9.17) is 11.6 Å². The zero-order valence-corrected chi connectivity index (χ0v) is 19.3. The van der Waals surface area contributed by atoms with Gasteiger partial charge in [0.2, 0.25) is 0 Å². The Bertz CT molecular complexity index is 1120. The number of aryl methyl sites for hydroxylation is 1. The molecule has 3 aromatic rings. The van der Waals surface area contributed by atoms with Crippen molar-refractivity contribution in [3.05, 3.63) is 58.5 Å². The van der Waals surface area contributed by atoms with Crippen LogP contribution < -0.4 is 4.90 Å². The number of tetrazole rings is 1. The zero-order chi connectivity index (χ0) is 24.3. The number of rotatable bonds is 7. The van der Waals surface area contributed by atoms with Crippen LogP contribution >= 0.6 is 11.6 Å². The van der Waals surface area contributed by atoms with Crippen LogP contribution in [0.3, 0.4) is 0 Å². The minimum absolute atomic E-state index is 0.0312. The van der Waals surface area contributed by atoms with Crippen LogP contribution in [0.15, 0.2) is 36.5 Å². The van der Waals surface area contributed by atoms with Crippen molar-refractivity contribution in [2.45, 2.75) is 38.5 Å². The lowest BCUT2D eigenvalue weighted by atomic mass is 10.0. The summed E-state index contributed by atoms with van der Waals surface area (Å²) >= 11 is 6.16. The third-order valence-corrected chi connectivity index (χ3v) is 6.12. The topological polar surface area (TPSA) is 83.2 Å². The molecule has 2 aromatic heterocycles. The molecule has 1 aliphatic heterocycles. The molecule has 1 N–H and O–H groups in total. The van der Waals surface area contributed by atoms with E-state index in [2.05, 4.69) is 32.3 Å². The number of aromatic hydroxyl groups is 1. The Hall–Kier alpha value is -2.92. The number of phenolic OH excluding ortho intramolecular Hbond substituents is 1. The second kappa shape index (κ2) is 10.1. The van der Waals surface area contributed by atoms with Gasteiger partial charge in [-0.25, -0.2) is 9.67 Å². The molecule has 1 unspecified atom stereocenters. The summed E-state index contributed by atoms with van der Waals surface area (Å²) in [4.78, 5) is 8.06. The maximum absolute atomic E-state index is 13.0. The van der Waals surface area contributed by atoms with Crippen LogP contribution in [-0.4, -0.2) is 61.4 Å². The lowest BCUT2D eigenvalue weighted by Crippen LogP contribution is -2.48. The molecule has 34 heavy (non-hydrogen) atoms. The van der Waals surface area contributed by atoms with Crippen molar-refractivity contribution in [2.75, 3.05) is 31.1 Å². The molecule has 1 aromatic carbocycles. The number of benzene rings is 1. The van der Waals surface area contributed by atoms with Crippen molar-refractivity contribution in [1.82, 2.24) is 30.1 Å². The fourth-order valence-corrected chi connectivity index (χ4v) is 4.39. The molecule has 0 bridgehead atoms. The van der Waals surface area contributed by atoms with E-state index in [1.807, 2.05) is 11.0 Å². The highest BCUT2D eigenvalue weighted by atomic mass is 35.5. The summed E-state index contributed by atoms with van der Waals surface area (Å²) < 4.78 is 40.7. The first kappa shape index (κ1) is 24.2. The Balaban J connectivity index is 1.57. The van der Waals surface area contributed by atoms with Gasteiger partial charge in [0.1, 0.15) is 11.6 Å². The Morgan fingerprint density at radius 3 is 2.56 bits per heavy atom. The summed E-state index contributed by atoms with van der Waals surface area (Å²) in [6.45, 7) is 4.92. The van der Waals surface area contributed by atoms with E-state index in [0.29, 0.717) is 44.4 Å². The molecular formula is C22H25ClF3N7O. The standard InChI is InChI=1S/C22H25ClF3N7O/c1-2-3-7-33-21(28-29-30-33)19(15-5-4-6-17(34)12-15)31-8-10-32(11-9-31)20-18(23)13-16(14-27-20)22(24,25)26/h4-6,12-14,19,34H,2-3,7-11H2,1H3. The predicted molar refractivity (Wildman–Crippen MR) is 121 cm³/mol. The number of hydrogen-bond acceptors (Lipinski definition) is 7. The van der Waals surface area contributed by atoms with Crippen LogP contribution in [-0.2, 0) is 12.7 Å². The summed E-state index contributed by atoms with van der Waals surface area (Å²) in [6.07, 6.45) is -1.76. The van der Waals surface area contributed by atoms with Crippen molar-refractivity contribution in [3.63, 3.8) is 0 Å². The third-order valence-electron chi connectivity index (χ3n) is 5.84. The van der Waals surface area contributed by atoms with Gasteiger partial charge in [-0.15, -0.1) is 5.10 Å². The molecule has 0 spiro atoms. The largest absolute Gasteiger partial charge is 0.508 e. The zero-order valence-electron chi connectivity index (χ0n) is 18.6. The molecule has 3 heterocycles. The number of alkyl halides is 3. The molecule has 1 fully saturated rings. The molecule has 0 amide bonds. The first-order valence-corrected chi connectivity index (χ1v) is 11.4. The second-order valence-corrected chi connectivity index (χ2v) is 8.57. The molecule has 0 aliphatic carbocycles. The first-order chi connectivity index (χ1) is 16.3. The number of unbranched alkanes of at least 4 members (excludes halogenated alkanes) is 1. The quantitative estimate of drug-likeness (QED) is 0.527. The molecular weight excluding hydrogens is 471 g/mol. The Labute approximate surface area is 200 Å². The number of pyridine rings is 1. The van der Waals surface area contributed by atoms with Crippen molar-refractivity contribution in [2.24, 2.45) is 0 Å². The molecule has 4 rings (SSSR count). The van der Waals surface area contributed by atoms with Crippen molar-refractivity contribution in [1.29, 1.82) is 0 Å². The number of piperazine rings is 1. The molecule has 8 nitrogen and oxygen atoms in total. The van der Waals surface area contributed by atoms with Crippen LogP contribution in [0.5, 0.6) is 5.75 Å². The monoisotopic (exact) mass is 495 g/mol. The van der Waals surface area contributed by atoms with Crippen molar-refractivity contribution >= 4 is 17.4 Å². The van der Waals surface area contributed by atoms with Crippen LogP contribution in [0.25, 0.3) is 0 Å². The van der Waals surface area contributed by atoms with Crippen molar-refractivity contribution in [3.8, 4) is 5.75 Å². The lowest BCUT2D eigenvalue weighted by Gasteiger charge is -2.39. The Kier molecular flexibility index (Phi) is 7.22. The summed E-state index contributed by atoms with van der Waals surface area (Å²) in [5.41, 5.74) is -0.0190. The maximum atomic E-state index is 13.0. The summed E-state index contributed by atoms with van der Waals surface area (Å²) in [5, 5.41) is 22.4. The van der Waals surface area contributed by atoms with Gasteiger partial charge in [0.15, 0.2) is 5.82 Å². The number of nitrogens with zero attached hydrogens (tertiary/aromatic N) is 7. The Morgan fingerprint density at radius 1 is 1.15 bits per heavy atom. The smallest absolute Gasteiger partial charge is 0.417 e. The summed E-state index contributed by atoms with van der Waals surface area (Å²) in [5.74, 6) is 1.16. The molecule has 1 atom stereocenters. The molecule has 1 saturated heterocycles. The number of hydrogen-bond donors (Lipinski definition) is 1. The highest BCUT2D eigenvalue weighted by molar-refractivity contribution is 6.33. The maximum Gasteiger partial charge on any atom is 0.417 e. The van der Waals surface area contributed by atoms with Crippen molar-refractivity contribution < 1.29 is 18.3 Å². The van der Waals surface area contributed by atoms with Crippen LogP contribution in [0.4, 0.5) is 19.0 Å². The SMILES string of the molecule is CCCCn1nnnc1C(c1cccc(O)c1)N1CCN(c2ncc(C(F)(F)F)cc2Cl)CC1. The van der Waals surface area contributed by atoms with Gasteiger partial charge < -0.3 is 10.0 Å². The first-order valence-electron chi connectivity index (χ1n) is 11.0. The molecule has 12 heteroatoms. The van der Waals surface area contributed by atoms with Gasteiger partial charge in [-0.3, -0.25) is 4.90 Å². The number of anilines is 1. The number of halogens is 4. The summed E-state index contributed by atoms with van der Waals surface area (Å²) in [6, 6.07) is 7.62. The number of phenols is 1. The van der Waals surface area contributed by atoms with E-state index in [1.54, 1.807) is 22.9 Å². The fourth-order valence-electron chi connectivity index (χ4n) is 4.10. The minimum atomic E-state index is -4.50. The van der Waals surface area contributed by atoms with E-state index in [-0.39, 0.29) is 16.8 Å². The number of aromatic nitrogens is 5. The van der Waals surface area contributed by atoms with E-state index in [1.165, 1.54) is 0 Å². The van der Waals surface area contributed by atoms with Gasteiger partial charge in [0.25, 0.3) is 0 Å². The normalized spacial score (nSPS) is 16.1. The van der Waals surface area contributed by atoms with Crippen LogP contribution in [0, 0.1) is 0 Å². The van der Waals surface area contributed by atoms with E-state index >= 15 is 0 Å². The molecule has 0 saturated carbocycles. The van der Waals surface area contributed by atoms with E-state index in [0.717, 1.165) is 30.7 Å². The minimum Gasteiger partial charge on any atom is -0.508 e. The fraction of sp³-hybridized carbons (Fsp3) is 0.455. The lowest BCUT2D eigenvalue weighted by molar-refractivity contribution is -0.137. The van der Waals surface area contributed by atoms with E-state index < -0.39 is 11.7 Å². The molecule has 0 radical (unpaired) electrons. The molecule has 1 aliphatic rings. The van der Waals surface area contributed by atoms with Crippen LogP contribution in [0.1, 0.15) is 42.8 Å². The van der Waals surface area contributed by atoms with Gasteiger partial charge in [0, 0.05) is 38.9 Å². The van der Waals surface area contributed by atoms with Gasteiger partial charge in [0.05, 0.1) is 16.6 Å². The van der Waals surface area contributed by atoms with Gasteiger partial charge >= 0.3 is 6.18 Å². The van der Waals surface area contributed by atoms with Gasteiger partial charge in [-0.05, 0) is 40.6 Å². The average Bonchev–Trinajstić information content (AvgIpc) is 3.26. The average molecular weight is 496 g/mol. The van der Waals surface area contributed by atoms with Gasteiger partial charge in [-0.2, -0.15) is 13.2 Å². The summed E-state index contributed by atoms with van der Waals surface area (Å²) in [7, 11) is 0. The third kappa shape index (κ3) is 5.25. The highest BCUT2D eigenvalue weighted by Gasteiger charge is 2.34. The van der Waals surface area contributed by atoms with E-state index in [9.17, 15) is 18.3 Å². The Morgan fingerprint density at radius 2 is 1.91 bits per heavy atom. The highest BCUT2D eigenvalue weighted by Crippen LogP contribution is 2.35. The molecule has 182 valence electrons.